The number of nitrogens with zero attached hydrogens (tertiary/aromatic N) is 1. The molecule has 1 rings (SSSR count). The summed E-state index contributed by atoms with van der Waals surface area (Å²) >= 11 is 0. The van der Waals surface area contributed by atoms with E-state index in [1.54, 1.807) is 0 Å². The average Bonchev–Trinajstić information content (AvgIpc) is 2.74. The largest absolute Gasteiger partial charge is 0.465 e. The second-order valence-corrected chi connectivity index (χ2v) is 4.36. The van der Waals surface area contributed by atoms with Gasteiger partial charge in [0.2, 0.25) is 0 Å². The van der Waals surface area contributed by atoms with E-state index >= 15 is 0 Å². The predicted molar refractivity (Wildman–Crippen MR) is 67.6 cm³/mol. The van der Waals surface area contributed by atoms with Crippen molar-refractivity contribution >= 4 is 0 Å². The maximum absolute atomic E-state index is 5.64. The van der Waals surface area contributed by atoms with E-state index in [2.05, 4.69) is 50.2 Å². The lowest BCUT2D eigenvalue weighted by Gasteiger charge is -2.20. The van der Waals surface area contributed by atoms with E-state index in [4.69, 9.17) is 4.42 Å². The average molecular weight is 224 g/mol. The molecule has 0 aliphatic carbocycles. The Morgan fingerprint density at radius 1 is 1.31 bits per heavy atom. The predicted octanol–water partition coefficient (Wildman–Crippen LogP) is 2.27. The highest BCUT2D eigenvalue weighted by atomic mass is 16.3. The lowest BCUT2D eigenvalue weighted by Crippen LogP contribution is -2.36. The van der Waals surface area contributed by atoms with Crippen LogP contribution >= 0.6 is 0 Å². The molecule has 0 aliphatic rings. The smallest absolute Gasteiger partial charge is 0.117 e. The third kappa shape index (κ3) is 4.37. The zero-order valence-electron chi connectivity index (χ0n) is 10.9. The summed E-state index contributed by atoms with van der Waals surface area (Å²) in [6.45, 7) is 9.46. The van der Waals surface area contributed by atoms with Crippen LogP contribution in [0.1, 0.15) is 32.3 Å². The van der Waals surface area contributed by atoms with Crippen LogP contribution in [0.25, 0.3) is 0 Å². The third-order valence-electron chi connectivity index (χ3n) is 2.82. The maximum Gasteiger partial charge on any atom is 0.117 e. The van der Waals surface area contributed by atoms with Crippen molar-refractivity contribution in [3.8, 4) is 0 Å². The Hall–Kier alpha value is -0.800. The third-order valence-corrected chi connectivity index (χ3v) is 2.82. The highest BCUT2D eigenvalue weighted by Gasteiger charge is 2.06. The normalized spacial score (nSPS) is 13.3. The van der Waals surface area contributed by atoms with E-state index in [1.165, 1.54) is 0 Å². The Bertz CT molecular complexity index is 296. The van der Waals surface area contributed by atoms with Crippen molar-refractivity contribution in [1.82, 2.24) is 10.2 Å². The summed E-state index contributed by atoms with van der Waals surface area (Å²) in [4.78, 5) is 2.30. The molecule has 0 spiro atoms. The Balaban J connectivity index is 2.28. The molecule has 92 valence electrons. The van der Waals surface area contributed by atoms with Gasteiger partial charge in [0, 0.05) is 19.0 Å². The maximum atomic E-state index is 5.64. The van der Waals surface area contributed by atoms with Gasteiger partial charge in [-0.1, -0.05) is 13.8 Å². The minimum Gasteiger partial charge on any atom is -0.465 e. The summed E-state index contributed by atoms with van der Waals surface area (Å²) in [6.07, 6.45) is 0.966. The van der Waals surface area contributed by atoms with Crippen LogP contribution < -0.4 is 5.32 Å². The first-order chi connectivity index (χ1) is 7.65. The monoisotopic (exact) mass is 224 g/mol. The van der Waals surface area contributed by atoms with Crippen LogP contribution in [-0.4, -0.2) is 31.1 Å². The van der Waals surface area contributed by atoms with E-state index < -0.39 is 0 Å². The first kappa shape index (κ1) is 13.3. The van der Waals surface area contributed by atoms with Gasteiger partial charge >= 0.3 is 0 Å². The van der Waals surface area contributed by atoms with Crippen molar-refractivity contribution in [2.24, 2.45) is 0 Å². The summed E-state index contributed by atoms with van der Waals surface area (Å²) in [5.74, 6) is 2.10. The zero-order valence-corrected chi connectivity index (χ0v) is 10.9. The number of rotatable bonds is 7. The second kappa shape index (κ2) is 6.71. The molecule has 1 aromatic rings. The molecular weight excluding hydrogens is 200 g/mol. The van der Waals surface area contributed by atoms with Crippen LogP contribution in [0.3, 0.4) is 0 Å². The van der Waals surface area contributed by atoms with Gasteiger partial charge in [-0.25, -0.2) is 0 Å². The number of hydrogen-bond acceptors (Lipinski definition) is 3. The molecule has 0 amide bonds. The van der Waals surface area contributed by atoms with Gasteiger partial charge in [-0.15, -0.1) is 0 Å². The first-order valence-electron chi connectivity index (χ1n) is 6.15. The molecule has 3 heteroatoms. The molecule has 1 atom stereocenters. The standard InChI is InChI=1S/C13H24N2O/c1-5-12-7-8-13(16-12)9-14-11(3)10-15(4)6-2/h7-8,11,14H,5-6,9-10H2,1-4H3. The van der Waals surface area contributed by atoms with Crippen molar-refractivity contribution in [3.63, 3.8) is 0 Å². The van der Waals surface area contributed by atoms with Gasteiger partial charge in [-0.3, -0.25) is 0 Å². The van der Waals surface area contributed by atoms with Crippen LogP contribution in [0.15, 0.2) is 16.5 Å². The quantitative estimate of drug-likeness (QED) is 0.770. The van der Waals surface area contributed by atoms with Gasteiger partial charge in [0.05, 0.1) is 6.54 Å². The van der Waals surface area contributed by atoms with E-state index in [-0.39, 0.29) is 0 Å². The second-order valence-electron chi connectivity index (χ2n) is 4.36. The molecule has 0 radical (unpaired) electrons. The minimum absolute atomic E-state index is 0.486. The highest BCUT2D eigenvalue weighted by molar-refractivity contribution is 5.06. The lowest BCUT2D eigenvalue weighted by molar-refractivity contribution is 0.304. The summed E-state index contributed by atoms with van der Waals surface area (Å²) in [5, 5.41) is 3.47. The summed E-state index contributed by atoms with van der Waals surface area (Å²) < 4.78 is 5.64. The van der Waals surface area contributed by atoms with E-state index in [0.717, 1.165) is 37.6 Å². The molecule has 0 fully saturated rings. The summed E-state index contributed by atoms with van der Waals surface area (Å²) in [6, 6.07) is 4.60. The SMILES string of the molecule is CCc1ccc(CNC(C)CN(C)CC)o1. The number of hydrogen-bond donors (Lipinski definition) is 1. The summed E-state index contributed by atoms with van der Waals surface area (Å²) in [5.41, 5.74) is 0. The van der Waals surface area contributed by atoms with Crippen molar-refractivity contribution in [3.05, 3.63) is 23.7 Å². The van der Waals surface area contributed by atoms with E-state index in [9.17, 15) is 0 Å². The Morgan fingerprint density at radius 3 is 2.56 bits per heavy atom. The molecule has 0 bridgehead atoms. The Morgan fingerprint density at radius 2 is 2.00 bits per heavy atom. The van der Waals surface area contributed by atoms with Crippen molar-refractivity contribution in [2.75, 3.05) is 20.1 Å². The fraction of sp³-hybridized carbons (Fsp3) is 0.692. The van der Waals surface area contributed by atoms with Crippen LogP contribution in [0.2, 0.25) is 0 Å². The van der Waals surface area contributed by atoms with Gasteiger partial charge in [-0.2, -0.15) is 0 Å². The van der Waals surface area contributed by atoms with E-state index in [0.29, 0.717) is 6.04 Å². The number of furan rings is 1. The van der Waals surface area contributed by atoms with Crippen molar-refractivity contribution in [1.29, 1.82) is 0 Å². The summed E-state index contributed by atoms with van der Waals surface area (Å²) in [7, 11) is 2.14. The fourth-order valence-electron chi connectivity index (χ4n) is 1.64. The topological polar surface area (TPSA) is 28.4 Å². The van der Waals surface area contributed by atoms with Crippen LogP contribution in [0.5, 0.6) is 0 Å². The molecule has 0 aromatic carbocycles. The molecule has 1 unspecified atom stereocenters. The molecule has 16 heavy (non-hydrogen) atoms. The van der Waals surface area contributed by atoms with Crippen LogP contribution in [0, 0.1) is 0 Å². The molecule has 0 aliphatic heterocycles. The highest BCUT2D eigenvalue weighted by Crippen LogP contribution is 2.08. The molecular formula is C13H24N2O. The first-order valence-corrected chi connectivity index (χ1v) is 6.15. The van der Waals surface area contributed by atoms with Gasteiger partial charge in [-0.05, 0) is 32.6 Å². The molecule has 1 N–H and O–H groups in total. The lowest BCUT2D eigenvalue weighted by atomic mass is 10.3. The van der Waals surface area contributed by atoms with Crippen LogP contribution in [-0.2, 0) is 13.0 Å². The Labute approximate surface area is 98.8 Å². The molecule has 1 aromatic heterocycles. The molecule has 0 saturated carbocycles. The van der Waals surface area contributed by atoms with Crippen LogP contribution in [0.4, 0.5) is 0 Å². The number of aryl methyl sites for hydroxylation is 1. The number of likely N-dealkylation sites (N-methyl/N-ethyl adjacent to an activating group) is 1. The van der Waals surface area contributed by atoms with Gasteiger partial charge in [0.15, 0.2) is 0 Å². The van der Waals surface area contributed by atoms with Gasteiger partial charge < -0.3 is 14.6 Å². The Kier molecular flexibility index (Phi) is 5.56. The molecule has 1 heterocycles. The van der Waals surface area contributed by atoms with Gasteiger partial charge in [0.25, 0.3) is 0 Å². The molecule has 3 nitrogen and oxygen atoms in total. The van der Waals surface area contributed by atoms with Gasteiger partial charge in [0.1, 0.15) is 11.5 Å². The minimum atomic E-state index is 0.486. The fourth-order valence-corrected chi connectivity index (χ4v) is 1.64. The van der Waals surface area contributed by atoms with E-state index in [1.807, 2.05) is 0 Å². The molecule has 0 saturated heterocycles. The number of nitrogens with one attached hydrogen (secondary N) is 1. The van der Waals surface area contributed by atoms with Crippen molar-refractivity contribution in [2.45, 2.75) is 39.8 Å². The van der Waals surface area contributed by atoms with Crippen molar-refractivity contribution < 1.29 is 4.42 Å². The zero-order chi connectivity index (χ0) is 12.0.